The Kier molecular flexibility index (Phi) is 11.0. The van der Waals surface area contributed by atoms with Gasteiger partial charge in [-0.3, -0.25) is 9.59 Å². The molecule has 0 saturated heterocycles. The van der Waals surface area contributed by atoms with E-state index in [1.807, 2.05) is 42.5 Å². The summed E-state index contributed by atoms with van der Waals surface area (Å²) in [4.78, 5) is 32.3. The van der Waals surface area contributed by atoms with Crippen molar-refractivity contribution in [1.29, 1.82) is 0 Å². The maximum Gasteiger partial charge on any atom is 0.195 e. The second kappa shape index (κ2) is 14.9. The number of carbonyl (C=O) groups is 2. The van der Waals surface area contributed by atoms with E-state index in [1.54, 1.807) is 19.5 Å². The fraction of sp³-hybridized carbons (Fsp3) is 0.355. The quantitative estimate of drug-likeness (QED) is 0.211. The van der Waals surface area contributed by atoms with Crippen molar-refractivity contribution < 1.29 is 14.3 Å². The van der Waals surface area contributed by atoms with Crippen LogP contribution in [0.5, 0.6) is 5.75 Å². The summed E-state index contributed by atoms with van der Waals surface area (Å²) in [5.74, 6) is 1.22. The Labute approximate surface area is 233 Å². The second-order valence-corrected chi connectivity index (χ2v) is 11.6. The smallest absolute Gasteiger partial charge is 0.195 e. The zero-order valence-corrected chi connectivity index (χ0v) is 23.4. The molecule has 0 N–H and O–H groups in total. The summed E-state index contributed by atoms with van der Waals surface area (Å²) in [6.07, 6.45) is 14.9. The molecule has 0 saturated carbocycles. The minimum absolute atomic E-state index is 0.183. The maximum absolute atomic E-state index is 12.2. The third kappa shape index (κ3) is 8.84. The van der Waals surface area contributed by atoms with Crippen LogP contribution in [0, 0.1) is 0 Å². The molecule has 2 aliphatic carbocycles. The van der Waals surface area contributed by atoms with Crippen LogP contribution >= 0.6 is 23.5 Å². The van der Waals surface area contributed by atoms with Crippen LogP contribution in [0.2, 0.25) is 0 Å². The van der Waals surface area contributed by atoms with E-state index in [0.29, 0.717) is 18.8 Å². The lowest BCUT2D eigenvalue weighted by Crippen LogP contribution is -2.01. The van der Waals surface area contributed by atoms with Gasteiger partial charge < -0.3 is 4.74 Å². The number of aromatic nitrogens is 2. The Morgan fingerprint density at radius 1 is 0.921 bits per heavy atom. The highest BCUT2D eigenvalue weighted by Crippen LogP contribution is 2.38. The van der Waals surface area contributed by atoms with Gasteiger partial charge in [0.05, 0.1) is 7.11 Å². The van der Waals surface area contributed by atoms with Gasteiger partial charge in [-0.25, -0.2) is 9.97 Å². The predicted molar refractivity (Wildman–Crippen MR) is 155 cm³/mol. The number of hydrogen-bond donors (Lipinski definition) is 0. The molecule has 0 aliphatic heterocycles. The van der Waals surface area contributed by atoms with Gasteiger partial charge in [-0.15, -0.1) is 0 Å². The Hall–Kier alpha value is -2.90. The average Bonchev–Trinajstić information content (AvgIpc) is 3.35. The molecule has 3 aromatic rings. The van der Waals surface area contributed by atoms with Crippen LogP contribution in [-0.4, -0.2) is 27.3 Å². The first kappa shape index (κ1) is 28.1. The van der Waals surface area contributed by atoms with Crippen LogP contribution in [0.3, 0.4) is 0 Å². The minimum atomic E-state index is 0.183. The standard InChI is InChI=1S/C17H17NO2S.C14H17NOS/c1-20-14-7-8-15-12(10-14)5-6-13(15)11-17(19)21-16-4-2-3-9-18-16;16-14(17-13-8-4-5-11-15-13)10-9-12-6-2-1-3-7-12/h2-4,7-10,13H,5-6,11H2,1H3;4-6,8,11H,1-3,7,9-10H2. The first-order valence-corrected chi connectivity index (χ1v) is 14.8. The predicted octanol–water partition coefficient (Wildman–Crippen LogP) is 7.81. The van der Waals surface area contributed by atoms with Crippen molar-refractivity contribution in [2.45, 2.75) is 73.8 Å². The Morgan fingerprint density at radius 3 is 2.29 bits per heavy atom. The average molecular weight is 547 g/mol. The molecule has 38 heavy (non-hydrogen) atoms. The van der Waals surface area contributed by atoms with Gasteiger partial charge in [-0.2, -0.15) is 0 Å². The fourth-order valence-electron chi connectivity index (χ4n) is 4.76. The van der Waals surface area contributed by atoms with Gasteiger partial charge >= 0.3 is 0 Å². The SMILES string of the molecule is COc1ccc2c(c1)CCC2CC(=O)Sc1ccccn1.O=C(CCC1=CCCCC1)Sc1ccccn1. The Morgan fingerprint density at radius 2 is 1.66 bits per heavy atom. The van der Waals surface area contributed by atoms with Gasteiger partial charge in [0.2, 0.25) is 0 Å². The number of nitrogens with zero attached hydrogens (tertiary/aromatic N) is 2. The molecular formula is C31H34N2O3S2. The van der Waals surface area contributed by atoms with E-state index in [4.69, 9.17) is 4.74 Å². The molecule has 7 heteroatoms. The first-order chi connectivity index (χ1) is 18.6. The molecule has 0 fully saturated rings. The number of aryl methyl sites for hydroxylation is 1. The number of benzene rings is 1. The van der Waals surface area contributed by atoms with Gasteiger partial charge in [0.1, 0.15) is 15.8 Å². The largest absolute Gasteiger partial charge is 0.497 e. The molecule has 2 aliphatic rings. The first-order valence-electron chi connectivity index (χ1n) is 13.2. The molecular weight excluding hydrogens is 512 g/mol. The van der Waals surface area contributed by atoms with Gasteiger partial charge in [0, 0.05) is 25.2 Å². The summed E-state index contributed by atoms with van der Waals surface area (Å²) in [5.41, 5.74) is 4.08. The van der Waals surface area contributed by atoms with Crippen LogP contribution in [-0.2, 0) is 16.0 Å². The van der Waals surface area contributed by atoms with Crippen molar-refractivity contribution in [1.82, 2.24) is 9.97 Å². The van der Waals surface area contributed by atoms with Crippen LogP contribution in [0.25, 0.3) is 0 Å². The molecule has 0 spiro atoms. The maximum atomic E-state index is 12.2. The Balaban J connectivity index is 0.000000181. The number of thioether (sulfide) groups is 2. The molecule has 1 unspecified atom stereocenters. The molecule has 198 valence electrons. The van der Waals surface area contributed by atoms with E-state index >= 15 is 0 Å². The van der Waals surface area contributed by atoms with Crippen molar-refractivity contribution in [3.8, 4) is 5.75 Å². The number of ether oxygens (including phenoxy) is 1. The van der Waals surface area contributed by atoms with Crippen LogP contribution < -0.4 is 4.74 Å². The van der Waals surface area contributed by atoms with E-state index < -0.39 is 0 Å². The number of methoxy groups -OCH3 is 1. The summed E-state index contributed by atoms with van der Waals surface area (Å²) in [7, 11) is 1.68. The number of carbonyl (C=O) groups excluding carboxylic acids is 2. The van der Waals surface area contributed by atoms with E-state index in [1.165, 1.54) is 65.9 Å². The molecule has 0 radical (unpaired) electrons. The summed E-state index contributed by atoms with van der Waals surface area (Å²) >= 11 is 2.49. The summed E-state index contributed by atoms with van der Waals surface area (Å²) < 4.78 is 5.26. The second-order valence-electron chi connectivity index (χ2n) is 9.40. The van der Waals surface area contributed by atoms with Crippen LogP contribution in [0.1, 0.15) is 68.4 Å². The zero-order valence-electron chi connectivity index (χ0n) is 21.8. The third-order valence-electron chi connectivity index (χ3n) is 6.71. The van der Waals surface area contributed by atoms with Gasteiger partial charge in [-0.05, 0) is 122 Å². The highest BCUT2D eigenvalue weighted by atomic mass is 32.2. The topological polar surface area (TPSA) is 69.2 Å². The van der Waals surface area contributed by atoms with E-state index in [9.17, 15) is 9.59 Å². The number of allylic oxidation sites excluding steroid dienone is 2. The van der Waals surface area contributed by atoms with Gasteiger partial charge in [0.25, 0.3) is 0 Å². The molecule has 2 heterocycles. The molecule has 0 bridgehead atoms. The summed E-state index contributed by atoms with van der Waals surface area (Å²) in [6, 6.07) is 17.4. The highest BCUT2D eigenvalue weighted by molar-refractivity contribution is 8.13. The van der Waals surface area contributed by atoms with Crippen LogP contribution in [0.15, 0.2) is 88.7 Å². The van der Waals surface area contributed by atoms with E-state index in [2.05, 4.69) is 28.2 Å². The van der Waals surface area contributed by atoms with E-state index in [0.717, 1.165) is 35.1 Å². The van der Waals surface area contributed by atoms with Crippen molar-refractivity contribution in [2.24, 2.45) is 0 Å². The van der Waals surface area contributed by atoms with Gasteiger partial charge in [0.15, 0.2) is 10.2 Å². The number of fused-ring (bicyclic) bond motifs is 1. The molecule has 1 aromatic carbocycles. The molecule has 0 amide bonds. The Bertz CT molecular complexity index is 1230. The van der Waals surface area contributed by atoms with Crippen molar-refractivity contribution in [3.05, 3.63) is 89.8 Å². The monoisotopic (exact) mass is 546 g/mol. The number of hydrogen-bond acceptors (Lipinski definition) is 7. The minimum Gasteiger partial charge on any atom is -0.497 e. The van der Waals surface area contributed by atoms with Crippen molar-refractivity contribution in [2.75, 3.05) is 7.11 Å². The lowest BCUT2D eigenvalue weighted by molar-refractivity contribution is -0.111. The highest BCUT2D eigenvalue weighted by Gasteiger charge is 2.25. The summed E-state index contributed by atoms with van der Waals surface area (Å²) in [5, 5.41) is 1.98. The molecule has 2 aromatic heterocycles. The lowest BCUT2D eigenvalue weighted by Gasteiger charge is -2.11. The fourth-order valence-corrected chi connectivity index (χ4v) is 6.23. The molecule has 5 rings (SSSR count). The lowest BCUT2D eigenvalue weighted by atomic mass is 9.96. The van der Waals surface area contributed by atoms with Crippen molar-refractivity contribution in [3.63, 3.8) is 0 Å². The van der Waals surface area contributed by atoms with Crippen molar-refractivity contribution >= 4 is 33.8 Å². The summed E-state index contributed by atoms with van der Waals surface area (Å²) in [6.45, 7) is 0. The van der Waals surface area contributed by atoms with Crippen LogP contribution in [0.4, 0.5) is 0 Å². The number of pyridine rings is 2. The normalized spacial score (nSPS) is 16.0. The molecule has 5 nitrogen and oxygen atoms in total. The number of rotatable bonds is 8. The zero-order chi connectivity index (χ0) is 26.6. The van der Waals surface area contributed by atoms with E-state index in [-0.39, 0.29) is 10.2 Å². The van der Waals surface area contributed by atoms with Gasteiger partial charge in [-0.1, -0.05) is 29.8 Å². The molecule has 1 atom stereocenters. The third-order valence-corrected chi connectivity index (χ3v) is 8.44.